The van der Waals surface area contributed by atoms with Crippen molar-refractivity contribution in [2.24, 2.45) is 5.92 Å². The third-order valence-corrected chi connectivity index (χ3v) is 2.88. The Labute approximate surface area is 91.2 Å². The fourth-order valence-electron chi connectivity index (χ4n) is 2.01. The monoisotopic (exact) mass is 212 g/mol. The normalized spacial score (nSPS) is 23.8. The largest absolute Gasteiger partial charge is 0.465 e. The molecule has 0 radical (unpaired) electrons. The Morgan fingerprint density at radius 1 is 1.27 bits per heavy atom. The Bertz CT molecular complexity index is 223. The minimum atomic E-state index is -0.483. The zero-order valence-corrected chi connectivity index (χ0v) is 9.46. The summed E-state index contributed by atoms with van der Waals surface area (Å²) in [5, 5.41) is 0. The second kappa shape index (κ2) is 6.59. The SMILES string of the molecule is CCOC(=O)C1CCCCCCCC1=O. The van der Waals surface area contributed by atoms with Crippen LogP contribution in [0.3, 0.4) is 0 Å². The van der Waals surface area contributed by atoms with Crippen LogP contribution in [0.25, 0.3) is 0 Å². The average molecular weight is 212 g/mol. The van der Waals surface area contributed by atoms with E-state index in [-0.39, 0.29) is 11.8 Å². The van der Waals surface area contributed by atoms with Crippen molar-refractivity contribution in [2.75, 3.05) is 6.61 Å². The molecule has 1 saturated carbocycles. The van der Waals surface area contributed by atoms with E-state index in [9.17, 15) is 9.59 Å². The molecular weight excluding hydrogens is 192 g/mol. The Morgan fingerprint density at radius 3 is 2.67 bits per heavy atom. The lowest BCUT2D eigenvalue weighted by molar-refractivity contribution is -0.151. The van der Waals surface area contributed by atoms with Gasteiger partial charge in [0, 0.05) is 6.42 Å². The molecule has 0 saturated heterocycles. The molecular formula is C12H20O3. The van der Waals surface area contributed by atoms with E-state index in [4.69, 9.17) is 4.74 Å². The Hall–Kier alpha value is -0.860. The Morgan fingerprint density at radius 2 is 1.93 bits per heavy atom. The van der Waals surface area contributed by atoms with Gasteiger partial charge in [-0.2, -0.15) is 0 Å². The van der Waals surface area contributed by atoms with E-state index in [1.165, 1.54) is 6.42 Å². The predicted molar refractivity (Wildman–Crippen MR) is 57.4 cm³/mol. The van der Waals surface area contributed by atoms with E-state index in [1.807, 2.05) is 0 Å². The smallest absolute Gasteiger partial charge is 0.316 e. The van der Waals surface area contributed by atoms with Crippen LogP contribution in [0.4, 0.5) is 0 Å². The lowest BCUT2D eigenvalue weighted by Gasteiger charge is -2.12. The summed E-state index contributed by atoms with van der Waals surface area (Å²) in [6.45, 7) is 2.14. The van der Waals surface area contributed by atoms with Gasteiger partial charge in [0.25, 0.3) is 0 Å². The number of carbonyl (C=O) groups excluding carboxylic acids is 2. The molecule has 3 nitrogen and oxygen atoms in total. The first-order chi connectivity index (χ1) is 7.25. The van der Waals surface area contributed by atoms with Gasteiger partial charge >= 0.3 is 5.97 Å². The zero-order valence-electron chi connectivity index (χ0n) is 9.46. The van der Waals surface area contributed by atoms with Crippen molar-refractivity contribution in [2.45, 2.75) is 51.9 Å². The standard InChI is InChI=1S/C12H20O3/c1-2-15-12(14)10-8-6-4-3-5-7-9-11(10)13/h10H,2-9H2,1H3. The molecule has 0 aliphatic heterocycles. The number of Topliss-reactive ketones (excluding diaryl/α,β-unsaturated/α-hetero) is 1. The molecule has 3 heteroatoms. The molecule has 0 aromatic carbocycles. The van der Waals surface area contributed by atoms with Crippen LogP contribution in [-0.4, -0.2) is 18.4 Å². The molecule has 15 heavy (non-hydrogen) atoms. The van der Waals surface area contributed by atoms with Crippen molar-refractivity contribution in [3.05, 3.63) is 0 Å². The summed E-state index contributed by atoms with van der Waals surface area (Å²) in [6.07, 6.45) is 6.54. The fourth-order valence-corrected chi connectivity index (χ4v) is 2.01. The number of esters is 1. The predicted octanol–water partition coefficient (Wildman–Crippen LogP) is 2.48. The van der Waals surface area contributed by atoms with Crippen molar-refractivity contribution >= 4 is 11.8 Å². The first-order valence-electron chi connectivity index (χ1n) is 5.95. The van der Waals surface area contributed by atoms with Gasteiger partial charge < -0.3 is 4.74 Å². The summed E-state index contributed by atoms with van der Waals surface area (Å²) >= 11 is 0. The molecule has 0 amide bonds. The van der Waals surface area contributed by atoms with Crippen LogP contribution < -0.4 is 0 Å². The van der Waals surface area contributed by atoms with Gasteiger partial charge in [-0.15, -0.1) is 0 Å². The molecule has 1 aliphatic rings. The van der Waals surface area contributed by atoms with Crippen LogP contribution in [0.5, 0.6) is 0 Å². The van der Waals surface area contributed by atoms with Gasteiger partial charge in [-0.1, -0.05) is 25.7 Å². The summed E-state index contributed by atoms with van der Waals surface area (Å²) in [7, 11) is 0. The summed E-state index contributed by atoms with van der Waals surface area (Å²) < 4.78 is 4.93. The number of rotatable bonds is 2. The maximum atomic E-state index is 11.7. The van der Waals surface area contributed by atoms with Crippen LogP contribution in [-0.2, 0) is 14.3 Å². The van der Waals surface area contributed by atoms with Crippen LogP contribution in [0.2, 0.25) is 0 Å². The number of ketones is 1. The molecule has 1 unspecified atom stereocenters. The summed E-state index contributed by atoms with van der Waals surface area (Å²) in [5.41, 5.74) is 0. The number of ether oxygens (including phenoxy) is 1. The maximum Gasteiger partial charge on any atom is 0.316 e. The zero-order chi connectivity index (χ0) is 11.1. The summed E-state index contributed by atoms with van der Waals surface area (Å²) in [6, 6.07) is 0. The summed E-state index contributed by atoms with van der Waals surface area (Å²) in [5.74, 6) is -0.720. The van der Waals surface area contributed by atoms with Crippen molar-refractivity contribution in [3.63, 3.8) is 0 Å². The Balaban J connectivity index is 2.55. The molecule has 0 aromatic heterocycles. The summed E-state index contributed by atoms with van der Waals surface area (Å²) in [4.78, 5) is 23.3. The molecule has 1 fully saturated rings. The number of carbonyl (C=O) groups is 2. The second-order valence-electron chi connectivity index (χ2n) is 4.08. The van der Waals surface area contributed by atoms with Gasteiger partial charge in [0.05, 0.1) is 6.61 Å². The van der Waals surface area contributed by atoms with Crippen molar-refractivity contribution in [3.8, 4) is 0 Å². The highest BCUT2D eigenvalue weighted by molar-refractivity contribution is 5.98. The van der Waals surface area contributed by atoms with Crippen LogP contribution in [0.15, 0.2) is 0 Å². The van der Waals surface area contributed by atoms with Crippen molar-refractivity contribution < 1.29 is 14.3 Å². The van der Waals surface area contributed by atoms with Crippen molar-refractivity contribution in [1.29, 1.82) is 0 Å². The van der Waals surface area contributed by atoms with Crippen molar-refractivity contribution in [1.82, 2.24) is 0 Å². The lowest BCUT2D eigenvalue weighted by atomic mass is 9.96. The van der Waals surface area contributed by atoms with E-state index in [0.717, 1.165) is 25.7 Å². The van der Waals surface area contributed by atoms with Crippen LogP contribution in [0, 0.1) is 5.92 Å². The minimum Gasteiger partial charge on any atom is -0.465 e. The first kappa shape index (κ1) is 12.2. The second-order valence-corrected chi connectivity index (χ2v) is 4.08. The van der Waals surface area contributed by atoms with Gasteiger partial charge in [-0.25, -0.2) is 0 Å². The minimum absolute atomic E-state index is 0.0790. The topological polar surface area (TPSA) is 43.4 Å². The number of hydrogen-bond acceptors (Lipinski definition) is 3. The third-order valence-electron chi connectivity index (χ3n) is 2.88. The highest BCUT2D eigenvalue weighted by Gasteiger charge is 2.27. The average Bonchev–Trinajstić information content (AvgIpc) is 2.30. The highest BCUT2D eigenvalue weighted by Crippen LogP contribution is 2.20. The Kier molecular flexibility index (Phi) is 5.37. The third kappa shape index (κ3) is 4.02. The number of hydrogen-bond donors (Lipinski definition) is 0. The molecule has 86 valence electrons. The van der Waals surface area contributed by atoms with Gasteiger partial charge in [-0.05, 0) is 19.8 Å². The molecule has 0 N–H and O–H groups in total. The molecule has 0 bridgehead atoms. The molecule has 0 spiro atoms. The molecule has 1 atom stereocenters. The van der Waals surface area contributed by atoms with E-state index in [0.29, 0.717) is 19.4 Å². The van der Waals surface area contributed by atoms with Gasteiger partial charge in [0.2, 0.25) is 0 Å². The van der Waals surface area contributed by atoms with E-state index in [2.05, 4.69) is 0 Å². The molecule has 0 aromatic rings. The van der Waals surface area contributed by atoms with Gasteiger partial charge in [0.15, 0.2) is 0 Å². The van der Waals surface area contributed by atoms with E-state index in [1.54, 1.807) is 6.92 Å². The molecule has 0 heterocycles. The fraction of sp³-hybridized carbons (Fsp3) is 0.833. The molecule has 1 aliphatic carbocycles. The first-order valence-corrected chi connectivity index (χ1v) is 5.95. The van der Waals surface area contributed by atoms with Gasteiger partial charge in [-0.3, -0.25) is 9.59 Å². The lowest BCUT2D eigenvalue weighted by Crippen LogP contribution is -2.26. The quantitative estimate of drug-likeness (QED) is 0.521. The maximum absolute atomic E-state index is 11.7. The highest BCUT2D eigenvalue weighted by atomic mass is 16.5. The molecule has 1 rings (SSSR count). The van der Waals surface area contributed by atoms with E-state index < -0.39 is 5.92 Å². The van der Waals surface area contributed by atoms with E-state index >= 15 is 0 Å². The van der Waals surface area contributed by atoms with Crippen LogP contribution in [0.1, 0.15) is 51.9 Å². The van der Waals surface area contributed by atoms with Gasteiger partial charge in [0.1, 0.15) is 11.7 Å². The van der Waals surface area contributed by atoms with Crippen LogP contribution >= 0.6 is 0 Å².